The van der Waals surface area contributed by atoms with Gasteiger partial charge in [0.25, 0.3) is 5.91 Å². The molecule has 36 heavy (non-hydrogen) atoms. The molecule has 0 fully saturated rings. The average Bonchev–Trinajstić information content (AvgIpc) is 3.31. The van der Waals surface area contributed by atoms with Gasteiger partial charge in [0, 0.05) is 23.0 Å². The van der Waals surface area contributed by atoms with Crippen LogP contribution in [-0.4, -0.2) is 39.9 Å². The first kappa shape index (κ1) is 23.1. The van der Waals surface area contributed by atoms with Crippen molar-refractivity contribution in [1.82, 2.24) is 19.7 Å². The zero-order chi connectivity index (χ0) is 25.2. The lowest BCUT2D eigenvalue weighted by Crippen LogP contribution is -2.31. The van der Waals surface area contributed by atoms with Crippen LogP contribution >= 0.6 is 0 Å². The van der Waals surface area contributed by atoms with Gasteiger partial charge in [0.2, 0.25) is 5.95 Å². The molecule has 0 spiro atoms. The van der Waals surface area contributed by atoms with Crippen molar-refractivity contribution in [3.8, 4) is 22.9 Å². The average molecular weight is 483 g/mol. The number of pyridine rings is 1. The Morgan fingerprint density at radius 1 is 1.06 bits per heavy atom. The van der Waals surface area contributed by atoms with Crippen molar-refractivity contribution in [2.45, 2.75) is 19.9 Å². The highest BCUT2D eigenvalue weighted by Crippen LogP contribution is 2.43. The number of rotatable bonds is 6. The summed E-state index contributed by atoms with van der Waals surface area (Å²) in [5.41, 5.74) is 4.42. The lowest BCUT2D eigenvalue weighted by Gasteiger charge is -2.29. The summed E-state index contributed by atoms with van der Waals surface area (Å²) < 4.78 is 13.0. The Bertz CT molecular complexity index is 1460. The second-order valence-electron chi connectivity index (χ2n) is 8.42. The number of hydrogen-bond donors (Lipinski definition) is 2. The first-order valence-corrected chi connectivity index (χ1v) is 11.4. The highest BCUT2D eigenvalue weighted by Gasteiger charge is 2.36. The Balaban J connectivity index is 1.67. The molecule has 9 nitrogen and oxygen atoms in total. The Hall–Kier alpha value is -4.66. The molecule has 4 aromatic rings. The van der Waals surface area contributed by atoms with Crippen molar-refractivity contribution in [1.29, 1.82) is 0 Å². The molecule has 3 heterocycles. The fourth-order valence-electron chi connectivity index (χ4n) is 4.40. The van der Waals surface area contributed by atoms with E-state index in [9.17, 15) is 4.79 Å². The second kappa shape index (κ2) is 9.53. The van der Waals surface area contributed by atoms with Gasteiger partial charge in [0.15, 0.2) is 17.3 Å². The fourth-order valence-corrected chi connectivity index (χ4v) is 4.40. The van der Waals surface area contributed by atoms with E-state index in [-0.39, 0.29) is 5.91 Å². The SMILES string of the molecule is COc1cccc([C@@H]2C(C(=O)Nc3cccnc3)=C(C)Nc3nc(-c4cccc(C)c4)nn32)c1OC. The second-order valence-corrected chi connectivity index (χ2v) is 8.42. The van der Waals surface area contributed by atoms with E-state index in [0.717, 1.165) is 16.7 Å². The fraction of sp³-hybridized carbons (Fsp3) is 0.185. The van der Waals surface area contributed by atoms with Gasteiger partial charge in [-0.25, -0.2) is 4.68 Å². The van der Waals surface area contributed by atoms with E-state index in [4.69, 9.17) is 19.6 Å². The molecule has 0 unspecified atom stereocenters. The number of carbonyl (C=O) groups is 1. The van der Waals surface area contributed by atoms with Gasteiger partial charge in [-0.15, -0.1) is 5.10 Å². The van der Waals surface area contributed by atoms with Gasteiger partial charge in [0.05, 0.1) is 31.7 Å². The number of nitrogens with zero attached hydrogens (tertiary/aromatic N) is 4. The van der Waals surface area contributed by atoms with E-state index < -0.39 is 6.04 Å². The Morgan fingerprint density at radius 3 is 2.61 bits per heavy atom. The van der Waals surface area contributed by atoms with Gasteiger partial charge in [0.1, 0.15) is 6.04 Å². The molecule has 2 N–H and O–H groups in total. The molecular weight excluding hydrogens is 456 g/mol. The largest absolute Gasteiger partial charge is 0.493 e. The number of hydrogen-bond acceptors (Lipinski definition) is 7. The maximum atomic E-state index is 13.7. The molecule has 1 atom stereocenters. The first-order chi connectivity index (χ1) is 17.5. The maximum absolute atomic E-state index is 13.7. The molecule has 9 heteroatoms. The Morgan fingerprint density at radius 2 is 1.89 bits per heavy atom. The smallest absolute Gasteiger partial charge is 0.255 e. The summed E-state index contributed by atoms with van der Waals surface area (Å²) >= 11 is 0. The van der Waals surface area contributed by atoms with Crippen molar-refractivity contribution in [3.63, 3.8) is 0 Å². The predicted octanol–water partition coefficient (Wildman–Crippen LogP) is 4.59. The number of aryl methyl sites for hydroxylation is 1. The quantitative estimate of drug-likeness (QED) is 0.414. The summed E-state index contributed by atoms with van der Waals surface area (Å²) in [6.45, 7) is 3.87. The standard InChI is InChI=1S/C27H26N6O3/c1-16-8-5-9-18(14-16)25-31-27-29-17(2)22(26(34)30-19-10-7-13-28-15-19)23(33(27)32-25)20-11-6-12-21(35-3)24(20)36-4/h5-15,23H,1-4H3,(H,30,34)(H,29,31,32)/t23-/m1/s1. The third-order valence-electron chi connectivity index (χ3n) is 6.02. The normalized spacial score (nSPS) is 14.6. The molecule has 182 valence electrons. The zero-order valence-electron chi connectivity index (χ0n) is 20.4. The van der Waals surface area contributed by atoms with E-state index in [0.29, 0.717) is 40.2 Å². The predicted molar refractivity (Wildman–Crippen MR) is 137 cm³/mol. The number of anilines is 2. The van der Waals surface area contributed by atoms with Crippen molar-refractivity contribution in [2.75, 3.05) is 24.9 Å². The van der Waals surface area contributed by atoms with Crippen LogP contribution in [0.1, 0.15) is 24.1 Å². The van der Waals surface area contributed by atoms with Gasteiger partial charge in [-0.3, -0.25) is 9.78 Å². The molecule has 0 bridgehead atoms. The number of ether oxygens (including phenoxy) is 2. The molecule has 5 rings (SSSR count). The Kier molecular flexibility index (Phi) is 6.12. The summed E-state index contributed by atoms with van der Waals surface area (Å²) in [5, 5.41) is 11.1. The lowest BCUT2D eigenvalue weighted by atomic mass is 9.94. The van der Waals surface area contributed by atoms with Crippen LogP contribution in [0.5, 0.6) is 11.5 Å². The van der Waals surface area contributed by atoms with Crippen LogP contribution in [0.15, 0.2) is 78.3 Å². The van der Waals surface area contributed by atoms with Gasteiger partial charge in [-0.2, -0.15) is 4.98 Å². The van der Waals surface area contributed by atoms with Gasteiger partial charge in [-0.1, -0.05) is 35.9 Å². The van der Waals surface area contributed by atoms with Gasteiger partial charge < -0.3 is 20.1 Å². The third-order valence-corrected chi connectivity index (χ3v) is 6.02. The molecule has 1 aliphatic heterocycles. The topological polar surface area (TPSA) is 103 Å². The Labute approximate surface area is 208 Å². The van der Waals surface area contributed by atoms with Gasteiger partial charge in [-0.05, 0) is 38.1 Å². The summed E-state index contributed by atoms with van der Waals surface area (Å²) in [5.74, 6) is 1.86. The summed E-state index contributed by atoms with van der Waals surface area (Å²) in [7, 11) is 3.16. The van der Waals surface area contributed by atoms with Crippen molar-refractivity contribution >= 4 is 17.5 Å². The van der Waals surface area contributed by atoms with Crippen LogP contribution < -0.4 is 20.1 Å². The highest BCUT2D eigenvalue weighted by molar-refractivity contribution is 6.06. The number of nitrogens with one attached hydrogen (secondary N) is 2. The van der Waals surface area contributed by atoms with Gasteiger partial charge >= 0.3 is 0 Å². The molecule has 0 aliphatic carbocycles. The summed E-state index contributed by atoms with van der Waals surface area (Å²) in [6, 6.07) is 16.5. The number of methoxy groups -OCH3 is 2. The minimum atomic E-state index is -0.631. The third kappa shape index (κ3) is 4.15. The lowest BCUT2D eigenvalue weighted by molar-refractivity contribution is -0.113. The minimum absolute atomic E-state index is 0.291. The van der Waals surface area contributed by atoms with E-state index in [1.807, 2.05) is 56.3 Å². The zero-order valence-corrected chi connectivity index (χ0v) is 20.4. The maximum Gasteiger partial charge on any atom is 0.255 e. The molecule has 2 aromatic carbocycles. The molecule has 0 saturated heterocycles. The summed E-state index contributed by atoms with van der Waals surface area (Å²) in [6.07, 6.45) is 3.25. The van der Waals surface area contributed by atoms with Crippen molar-refractivity contribution < 1.29 is 14.3 Å². The molecule has 2 aromatic heterocycles. The van der Waals surface area contributed by atoms with E-state index in [1.165, 1.54) is 0 Å². The van der Waals surface area contributed by atoms with Crippen LogP contribution in [0, 0.1) is 6.92 Å². The monoisotopic (exact) mass is 482 g/mol. The van der Waals surface area contributed by atoms with E-state index >= 15 is 0 Å². The number of aromatic nitrogens is 4. The molecule has 1 aliphatic rings. The van der Waals surface area contributed by atoms with Crippen LogP contribution in [0.2, 0.25) is 0 Å². The number of allylic oxidation sites excluding steroid dienone is 1. The highest BCUT2D eigenvalue weighted by atomic mass is 16.5. The summed E-state index contributed by atoms with van der Waals surface area (Å²) in [4.78, 5) is 22.5. The molecule has 0 saturated carbocycles. The van der Waals surface area contributed by atoms with E-state index in [1.54, 1.807) is 43.4 Å². The van der Waals surface area contributed by atoms with E-state index in [2.05, 4.69) is 15.6 Å². The molecule has 1 amide bonds. The molecule has 0 radical (unpaired) electrons. The number of carbonyl (C=O) groups excluding carboxylic acids is 1. The van der Waals surface area contributed by atoms with Crippen LogP contribution in [0.25, 0.3) is 11.4 Å². The van der Waals surface area contributed by atoms with Crippen molar-refractivity contribution in [2.24, 2.45) is 0 Å². The minimum Gasteiger partial charge on any atom is -0.493 e. The van der Waals surface area contributed by atoms with Crippen molar-refractivity contribution in [3.05, 3.63) is 89.4 Å². The van der Waals surface area contributed by atoms with Crippen LogP contribution in [-0.2, 0) is 4.79 Å². The number of benzene rings is 2. The first-order valence-electron chi connectivity index (χ1n) is 11.4. The number of fused-ring (bicyclic) bond motifs is 1. The van der Waals surface area contributed by atoms with Crippen LogP contribution in [0.3, 0.4) is 0 Å². The number of para-hydroxylation sites is 1. The number of amides is 1. The van der Waals surface area contributed by atoms with Crippen LogP contribution in [0.4, 0.5) is 11.6 Å². The molecular formula is C27H26N6O3.